The zero-order valence-corrected chi connectivity index (χ0v) is 10.6. The van der Waals surface area contributed by atoms with Crippen molar-refractivity contribution >= 4 is 11.6 Å². The first-order valence-electron chi connectivity index (χ1n) is 5.62. The summed E-state index contributed by atoms with van der Waals surface area (Å²) < 4.78 is 39.5. The third kappa shape index (κ3) is 3.28. The van der Waals surface area contributed by atoms with Crippen LogP contribution in [0, 0.1) is 17.5 Å². The summed E-state index contributed by atoms with van der Waals surface area (Å²) in [5.74, 6) is -2.38. The number of benzene rings is 2. The lowest BCUT2D eigenvalue weighted by molar-refractivity contribution is 0.505. The van der Waals surface area contributed by atoms with Crippen molar-refractivity contribution in [1.82, 2.24) is 0 Å². The van der Waals surface area contributed by atoms with E-state index < -0.39 is 23.5 Å². The maximum atomic E-state index is 13.6. The van der Waals surface area contributed by atoms with Gasteiger partial charge in [0.2, 0.25) is 0 Å². The minimum Gasteiger partial charge on any atom is -0.324 e. The van der Waals surface area contributed by atoms with Crippen molar-refractivity contribution < 1.29 is 13.2 Å². The van der Waals surface area contributed by atoms with Crippen LogP contribution in [0.4, 0.5) is 13.2 Å². The monoisotopic (exact) mass is 285 g/mol. The van der Waals surface area contributed by atoms with Gasteiger partial charge in [-0.15, -0.1) is 0 Å². The Labute approximate surface area is 113 Å². The third-order valence-corrected chi connectivity index (χ3v) is 3.04. The molecule has 0 aliphatic rings. The van der Waals surface area contributed by atoms with Crippen LogP contribution in [0.2, 0.25) is 5.02 Å². The van der Waals surface area contributed by atoms with Crippen molar-refractivity contribution in [3.63, 3.8) is 0 Å². The minimum atomic E-state index is -0.943. The van der Waals surface area contributed by atoms with Crippen molar-refractivity contribution in [3.8, 4) is 0 Å². The molecule has 19 heavy (non-hydrogen) atoms. The smallest absolute Gasteiger partial charge is 0.159 e. The van der Waals surface area contributed by atoms with E-state index in [1.807, 2.05) is 0 Å². The van der Waals surface area contributed by atoms with Gasteiger partial charge in [0.15, 0.2) is 11.6 Å². The Morgan fingerprint density at radius 1 is 0.947 bits per heavy atom. The molecule has 2 aromatic rings. The van der Waals surface area contributed by atoms with E-state index in [1.54, 1.807) is 0 Å². The Morgan fingerprint density at radius 3 is 2.32 bits per heavy atom. The molecular weight excluding hydrogens is 275 g/mol. The van der Waals surface area contributed by atoms with Gasteiger partial charge in [0, 0.05) is 16.6 Å². The highest BCUT2D eigenvalue weighted by molar-refractivity contribution is 6.30. The summed E-state index contributed by atoms with van der Waals surface area (Å²) in [4.78, 5) is 0. The lowest BCUT2D eigenvalue weighted by Crippen LogP contribution is -2.15. The van der Waals surface area contributed by atoms with Crippen LogP contribution in [0.25, 0.3) is 0 Å². The molecule has 100 valence electrons. The Balaban J connectivity index is 2.20. The maximum absolute atomic E-state index is 13.6. The fourth-order valence-electron chi connectivity index (χ4n) is 1.83. The Bertz CT molecular complexity index is 601. The van der Waals surface area contributed by atoms with Crippen LogP contribution >= 0.6 is 11.6 Å². The molecule has 1 atom stereocenters. The van der Waals surface area contributed by atoms with E-state index in [0.29, 0.717) is 5.56 Å². The SMILES string of the molecule is NC(Cc1ccc(F)c(F)c1)c1ccc(Cl)cc1F. The van der Waals surface area contributed by atoms with Crippen molar-refractivity contribution in [2.75, 3.05) is 0 Å². The normalized spacial score (nSPS) is 12.5. The summed E-state index contributed by atoms with van der Waals surface area (Å²) >= 11 is 5.65. The fourth-order valence-corrected chi connectivity index (χ4v) is 1.99. The van der Waals surface area contributed by atoms with Gasteiger partial charge in [0.25, 0.3) is 0 Å². The third-order valence-electron chi connectivity index (χ3n) is 2.80. The van der Waals surface area contributed by atoms with Crippen LogP contribution in [0.5, 0.6) is 0 Å². The second kappa shape index (κ2) is 5.63. The molecule has 0 saturated heterocycles. The molecule has 0 spiro atoms. The molecule has 0 bridgehead atoms. The average Bonchev–Trinajstić information content (AvgIpc) is 2.33. The average molecular weight is 286 g/mol. The van der Waals surface area contributed by atoms with Gasteiger partial charge in [-0.2, -0.15) is 0 Å². The summed E-state index contributed by atoms with van der Waals surface area (Å²) in [5, 5.41) is 0.279. The quantitative estimate of drug-likeness (QED) is 0.906. The predicted octanol–water partition coefficient (Wildman–Crippen LogP) is 4.00. The van der Waals surface area contributed by atoms with Crippen LogP contribution in [-0.2, 0) is 6.42 Å². The topological polar surface area (TPSA) is 26.0 Å². The van der Waals surface area contributed by atoms with Gasteiger partial charge >= 0.3 is 0 Å². The van der Waals surface area contributed by atoms with Gasteiger partial charge in [-0.05, 0) is 36.2 Å². The van der Waals surface area contributed by atoms with Gasteiger partial charge in [-0.3, -0.25) is 0 Å². The summed E-state index contributed by atoms with van der Waals surface area (Å²) in [7, 11) is 0. The van der Waals surface area contributed by atoms with Crippen LogP contribution in [0.1, 0.15) is 17.2 Å². The van der Waals surface area contributed by atoms with E-state index >= 15 is 0 Å². The molecule has 0 aliphatic carbocycles. The molecule has 1 unspecified atom stereocenters. The summed E-state index contributed by atoms with van der Waals surface area (Å²) in [5.41, 5.74) is 6.65. The van der Waals surface area contributed by atoms with Crippen molar-refractivity contribution in [1.29, 1.82) is 0 Å². The van der Waals surface area contributed by atoms with E-state index in [4.69, 9.17) is 17.3 Å². The van der Waals surface area contributed by atoms with Crippen molar-refractivity contribution in [3.05, 3.63) is 70.0 Å². The summed E-state index contributed by atoms with van der Waals surface area (Å²) in [6.07, 6.45) is 0.204. The molecule has 0 heterocycles. The molecule has 2 aromatic carbocycles. The van der Waals surface area contributed by atoms with Gasteiger partial charge in [0.1, 0.15) is 5.82 Å². The van der Waals surface area contributed by atoms with Crippen LogP contribution in [-0.4, -0.2) is 0 Å². The Hall–Kier alpha value is -1.52. The predicted molar refractivity (Wildman–Crippen MR) is 68.4 cm³/mol. The molecular formula is C14H11ClF3N. The number of hydrogen-bond donors (Lipinski definition) is 1. The second-order valence-electron chi connectivity index (χ2n) is 4.22. The van der Waals surface area contributed by atoms with Crippen LogP contribution in [0.15, 0.2) is 36.4 Å². The van der Waals surface area contributed by atoms with Crippen molar-refractivity contribution in [2.24, 2.45) is 5.73 Å². The molecule has 0 aromatic heterocycles. The zero-order valence-electron chi connectivity index (χ0n) is 9.84. The van der Waals surface area contributed by atoms with Gasteiger partial charge in [-0.25, -0.2) is 13.2 Å². The molecule has 5 heteroatoms. The van der Waals surface area contributed by atoms with Gasteiger partial charge in [-0.1, -0.05) is 23.7 Å². The largest absolute Gasteiger partial charge is 0.324 e. The minimum absolute atomic E-state index is 0.204. The Kier molecular flexibility index (Phi) is 4.12. The number of rotatable bonds is 3. The first kappa shape index (κ1) is 13.9. The fraction of sp³-hybridized carbons (Fsp3) is 0.143. The highest BCUT2D eigenvalue weighted by atomic mass is 35.5. The van der Waals surface area contributed by atoms with Crippen molar-refractivity contribution in [2.45, 2.75) is 12.5 Å². The highest BCUT2D eigenvalue weighted by Crippen LogP contribution is 2.22. The van der Waals surface area contributed by atoms with Gasteiger partial charge < -0.3 is 5.73 Å². The molecule has 2 N–H and O–H groups in total. The molecule has 0 amide bonds. The number of halogens is 4. The Morgan fingerprint density at radius 2 is 1.68 bits per heavy atom. The first-order valence-corrected chi connectivity index (χ1v) is 5.99. The molecule has 2 rings (SSSR count). The number of hydrogen-bond acceptors (Lipinski definition) is 1. The lowest BCUT2D eigenvalue weighted by Gasteiger charge is -2.13. The summed E-state index contributed by atoms with van der Waals surface area (Å²) in [6.45, 7) is 0. The molecule has 0 aliphatic heterocycles. The highest BCUT2D eigenvalue weighted by Gasteiger charge is 2.13. The van der Waals surface area contributed by atoms with E-state index in [0.717, 1.165) is 12.1 Å². The van der Waals surface area contributed by atoms with Gasteiger partial charge in [0.05, 0.1) is 0 Å². The second-order valence-corrected chi connectivity index (χ2v) is 4.66. The molecule has 1 nitrogen and oxygen atoms in total. The van der Waals surface area contributed by atoms with E-state index in [2.05, 4.69) is 0 Å². The molecule has 0 radical (unpaired) electrons. The van der Waals surface area contributed by atoms with Crippen LogP contribution < -0.4 is 5.73 Å². The van der Waals surface area contributed by atoms with E-state index in [-0.39, 0.29) is 17.0 Å². The first-order chi connectivity index (χ1) is 8.97. The van der Waals surface area contributed by atoms with E-state index in [9.17, 15) is 13.2 Å². The van der Waals surface area contributed by atoms with Crippen LogP contribution in [0.3, 0.4) is 0 Å². The van der Waals surface area contributed by atoms with E-state index in [1.165, 1.54) is 24.3 Å². The summed E-state index contributed by atoms with van der Waals surface area (Å²) in [6, 6.07) is 7.04. The molecule has 0 saturated carbocycles. The number of nitrogens with two attached hydrogens (primary N) is 1. The maximum Gasteiger partial charge on any atom is 0.159 e. The zero-order chi connectivity index (χ0) is 14.0. The standard InChI is InChI=1S/C14H11ClF3N/c15-9-2-3-10(12(17)7-9)14(19)6-8-1-4-11(16)13(18)5-8/h1-5,7,14H,6,19H2. The lowest BCUT2D eigenvalue weighted by atomic mass is 9.99. The molecule has 0 fully saturated rings.